The Morgan fingerprint density at radius 2 is 2.16 bits per heavy atom. The van der Waals surface area contributed by atoms with Crippen LogP contribution in [0, 0.1) is 0 Å². The number of rotatable bonds is 1. The van der Waals surface area contributed by atoms with Gasteiger partial charge in [0.25, 0.3) is 0 Å². The minimum atomic E-state index is 0.0614. The van der Waals surface area contributed by atoms with Gasteiger partial charge in [-0.25, -0.2) is 0 Å². The lowest BCUT2D eigenvalue weighted by atomic mass is 10.0. The van der Waals surface area contributed by atoms with Gasteiger partial charge in [0.1, 0.15) is 0 Å². The summed E-state index contributed by atoms with van der Waals surface area (Å²) in [6.45, 7) is 9.00. The van der Waals surface area contributed by atoms with Gasteiger partial charge in [-0.2, -0.15) is 0 Å². The van der Waals surface area contributed by atoms with E-state index < -0.39 is 0 Å². The van der Waals surface area contributed by atoms with Crippen molar-refractivity contribution in [2.24, 2.45) is 0 Å². The van der Waals surface area contributed by atoms with E-state index in [9.17, 15) is 4.79 Å². The lowest BCUT2D eigenvalue weighted by molar-refractivity contribution is -0.121. The smallest absolute Gasteiger partial charge is 0.224 e. The Kier molecular flexibility index (Phi) is 2.97. The molecule has 1 N–H and O–H groups in total. The highest BCUT2D eigenvalue weighted by atomic mass is 79.9. The molecule has 1 fully saturated rings. The maximum atomic E-state index is 11.4. The average molecular weight is 319 g/mol. The van der Waals surface area contributed by atoms with Crippen LogP contribution in [0.5, 0.6) is 0 Å². The number of hydrogen-bond donors (Lipinski definition) is 1. The largest absolute Gasteiger partial charge is 0.359 e. The lowest BCUT2D eigenvalue weighted by Crippen LogP contribution is -2.43. The Morgan fingerprint density at radius 3 is 2.89 bits per heavy atom. The van der Waals surface area contributed by atoms with Crippen LogP contribution in [0.2, 0.25) is 0 Å². The van der Waals surface area contributed by atoms with Gasteiger partial charge in [0.05, 0.1) is 6.04 Å². The van der Waals surface area contributed by atoms with E-state index >= 15 is 0 Å². The van der Waals surface area contributed by atoms with Gasteiger partial charge < -0.3 is 10.2 Å². The summed E-state index contributed by atoms with van der Waals surface area (Å²) in [6.07, 6.45) is 1.35. The first kappa shape index (κ1) is 12.5. The highest BCUT2D eigenvalue weighted by molar-refractivity contribution is 9.10. The van der Waals surface area contributed by atoms with E-state index in [4.69, 9.17) is 0 Å². The maximum absolute atomic E-state index is 11.4. The second-order valence-corrected chi connectivity index (χ2v) is 5.92. The summed E-state index contributed by atoms with van der Waals surface area (Å²) in [6, 6.07) is 6.40. The predicted octanol–water partition coefficient (Wildman–Crippen LogP) is 3.03. The van der Waals surface area contributed by atoms with Crippen LogP contribution in [-0.4, -0.2) is 16.8 Å². The van der Waals surface area contributed by atoms with Crippen LogP contribution in [0.15, 0.2) is 41.5 Å². The molecule has 4 heteroatoms. The minimum absolute atomic E-state index is 0.0614. The standard InChI is InChI=1S/C15H15BrN2O/c1-9-14(5-6-15(19)17-9)18-8-11-7-12(16)3-4-13(11)10(18)2/h3-4,7,14H,1-2,5-6,8H2,(H,17,19). The molecule has 1 amide bonds. The molecule has 0 radical (unpaired) electrons. The van der Waals surface area contributed by atoms with Crippen molar-refractivity contribution in [1.82, 2.24) is 10.2 Å². The maximum Gasteiger partial charge on any atom is 0.224 e. The second kappa shape index (κ2) is 4.53. The number of amides is 1. The van der Waals surface area contributed by atoms with Crippen molar-refractivity contribution in [1.29, 1.82) is 0 Å². The normalized spacial score (nSPS) is 22.5. The van der Waals surface area contributed by atoms with Crippen LogP contribution in [0.3, 0.4) is 0 Å². The third-order valence-corrected chi connectivity index (χ3v) is 4.28. The van der Waals surface area contributed by atoms with E-state index in [0.29, 0.717) is 6.42 Å². The zero-order valence-electron chi connectivity index (χ0n) is 10.6. The van der Waals surface area contributed by atoms with Crippen molar-refractivity contribution in [3.8, 4) is 0 Å². The Balaban J connectivity index is 1.87. The summed E-state index contributed by atoms with van der Waals surface area (Å²) in [5.41, 5.74) is 4.26. The molecule has 3 rings (SSSR count). The van der Waals surface area contributed by atoms with Gasteiger partial charge >= 0.3 is 0 Å². The fraction of sp³-hybridized carbons (Fsp3) is 0.267. The summed E-state index contributed by atoms with van der Waals surface area (Å²) in [5, 5.41) is 2.84. The molecule has 0 aliphatic carbocycles. The molecule has 0 spiro atoms. The molecular weight excluding hydrogens is 304 g/mol. The molecular formula is C15H15BrN2O. The summed E-state index contributed by atoms with van der Waals surface area (Å²) >= 11 is 3.50. The number of hydrogen-bond acceptors (Lipinski definition) is 2. The average Bonchev–Trinajstić information content (AvgIpc) is 2.66. The molecule has 2 aliphatic rings. The van der Waals surface area contributed by atoms with Crippen LogP contribution in [-0.2, 0) is 11.3 Å². The molecule has 2 heterocycles. The molecule has 0 saturated carbocycles. The van der Waals surface area contributed by atoms with Crippen molar-refractivity contribution in [2.75, 3.05) is 0 Å². The number of benzene rings is 1. The van der Waals surface area contributed by atoms with E-state index in [2.05, 4.69) is 51.4 Å². The van der Waals surface area contributed by atoms with Crippen LogP contribution >= 0.6 is 15.9 Å². The SMILES string of the molecule is C=C1NC(=O)CCC1N1Cc2cc(Br)ccc2C1=C. The van der Waals surface area contributed by atoms with Crippen molar-refractivity contribution >= 4 is 27.5 Å². The molecule has 3 nitrogen and oxygen atoms in total. The van der Waals surface area contributed by atoms with Crippen molar-refractivity contribution in [3.63, 3.8) is 0 Å². The molecule has 0 aromatic heterocycles. The van der Waals surface area contributed by atoms with Gasteiger partial charge in [-0.3, -0.25) is 4.79 Å². The van der Waals surface area contributed by atoms with E-state index in [-0.39, 0.29) is 11.9 Å². The lowest BCUT2D eigenvalue weighted by Gasteiger charge is -2.34. The third-order valence-electron chi connectivity index (χ3n) is 3.79. The number of carbonyl (C=O) groups is 1. The summed E-state index contributed by atoms with van der Waals surface area (Å²) in [4.78, 5) is 13.6. The first-order chi connectivity index (χ1) is 9.06. The van der Waals surface area contributed by atoms with Crippen LogP contribution < -0.4 is 5.32 Å². The van der Waals surface area contributed by atoms with Crippen LogP contribution in [0.4, 0.5) is 0 Å². The van der Waals surface area contributed by atoms with Gasteiger partial charge in [-0.1, -0.05) is 35.2 Å². The van der Waals surface area contributed by atoms with Crippen molar-refractivity contribution in [3.05, 3.63) is 52.7 Å². The molecule has 1 saturated heterocycles. The molecule has 98 valence electrons. The Labute approximate surface area is 121 Å². The zero-order chi connectivity index (χ0) is 13.6. The number of nitrogens with one attached hydrogen (secondary N) is 1. The first-order valence-electron chi connectivity index (χ1n) is 6.29. The van der Waals surface area contributed by atoms with Gasteiger partial charge in [0.15, 0.2) is 0 Å². The fourth-order valence-electron chi connectivity index (χ4n) is 2.82. The second-order valence-electron chi connectivity index (χ2n) is 5.00. The topological polar surface area (TPSA) is 32.3 Å². The molecule has 1 aromatic carbocycles. The number of fused-ring (bicyclic) bond motifs is 1. The van der Waals surface area contributed by atoms with E-state index in [0.717, 1.165) is 28.8 Å². The van der Waals surface area contributed by atoms with Gasteiger partial charge in [0.2, 0.25) is 5.91 Å². The number of nitrogens with zero attached hydrogens (tertiary/aromatic N) is 1. The molecule has 1 atom stereocenters. The van der Waals surface area contributed by atoms with Gasteiger partial charge in [-0.15, -0.1) is 0 Å². The van der Waals surface area contributed by atoms with E-state index in [1.165, 1.54) is 11.1 Å². The minimum Gasteiger partial charge on any atom is -0.359 e. The summed E-state index contributed by atoms with van der Waals surface area (Å²) in [7, 11) is 0. The molecule has 1 aromatic rings. The van der Waals surface area contributed by atoms with Gasteiger partial charge in [0, 0.05) is 34.4 Å². The Morgan fingerprint density at radius 1 is 1.37 bits per heavy atom. The van der Waals surface area contributed by atoms with Gasteiger partial charge in [-0.05, 0) is 24.1 Å². The van der Waals surface area contributed by atoms with E-state index in [1.807, 2.05) is 6.07 Å². The Hall–Kier alpha value is -1.55. The van der Waals surface area contributed by atoms with Crippen molar-refractivity contribution in [2.45, 2.75) is 25.4 Å². The molecule has 19 heavy (non-hydrogen) atoms. The summed E-state index contributed by atoms with van der Waals surface area (Å²) in [5.74, 6) is 0.0614. The molecule has 0 bridgehead atoms. The Bertz CT molecular complexity index is 594. The third kappa shape index (κ3) is 2.10. The predicted molar refractivity (Wildman–Crippen MR) is 79.0 cm³/mol. The quantitative estimate of drug-likeness (QED) is 0.863. The highest BCUT2D eigenvalue weighted by Gasteiger charge is 2.32. The molecule has 2 aliphatic heterocycles. The van der Waals surface area contributed by atoms with Crippen LogP contribution in [0.25, 0.3) is 5.70 Å². The van der Waals surface area contributed by atoms with E-state index in [1.54, 1.807) is 0 Å². The summed E-state index contributed by atoms with van der Waals surface area (Å²) < 4.78 is 1.08. The van der Waals surface area contributed by atoms with Crippen molar-refractivity contribution < 1.29 is 4.79 Å². The number of piperidine rings is 1. The monoisotopic (exact) mass is 318 g/mol. The van der Waals surface area contributed by atoms with Crippen LogP contribution in [0.1, 0.15) is 24.0 Å². The zero-order valence-corrected chi connectivity index (χ0v) is 12.2. The fourth-order valence-corrected chi connectivity index (χ4v) is 3.23. The highest BCUT2D eigenvalue weighted by Crippen LogP contribution is 2.37. The number of carbonyl (C=O) groups excluding carboxylic acids is 1. The molecule has 1 unspecified atom stereocenters. The first-order valence-corrected chi connectivity index (χ1v) is 7.08. The number of halogens is 1.